The van der Waals surface area contributed by atoms with Gasteiger partial charge in [-0.3, -0.25) is 4.79 Å². The first-order chi connectivity index (χ1) is 19.3. The van der Waals surface area contributed by atoms with Crippen molar-refractivity contribution < 1.29 is 31.2 Å². The molecule has 228 valence electrons. The van der Waals surface area contributed by atoms with Crippen LogP contribution in [0, 0.1) is 58.2 Å². The zero-order valence-electron chi connectivity index (χ0n) is 28.6. The monoisotopic (exact) mass is 562 g/mol. The Bertz CT molecular complexity index is 1080. The average Bonchev–Trinajstić information content (AvgIpc) is 3.47. The standard InChI is InChI=1S/C34H56O6/c1-18(2)19(3)28-29(40-32(7,8)39-28)20(4)22-11-12-23-21-17-36-30(35)25-15-26-27(38-31(5,6)37-26)16-34(25,10)24(21)13-14-33(22,23)9/h18-29H,11-17H2,1-10H3/t19-,20+,21+,22-,23+,24+,25-,26+,27-,28-,29-,33-,34-/m1/s1/i17D2. The number of hydrogen-bond donors (Lipinski definition) is 0. The number of fused-ring (bicyclic) bond motifs is 6. The minimum absolute atomic E-state index is 0.000495. The second kappa shape index (κ2) is 9.66. The molecular weight excluding hydrogens is 504 g/mol. The maximum atomic E-state index is 13.7. The fourth-order valence-electron chi connectivity index (χ4n) is 10.5. The molecule has 3 aliphatic carbocycles. The summed E-state index contributed by atoms with van der Waals surface area (Å²) in [6.45, 7) is 19.7. The van der Waals surface area contributed by atoms with Gasteiger partial charge in [0.2, 0.25) is 0 Å². The predicted molar refractivity (Wildman–Crippen MR) is 153 cm³/mol. The Morgan fingerprint density at radius 1 is 0.800 bits per heavy atom. The molecule has 40 heavy (non-hydrogen) atoms. The van der Waals surface area contributed by atoms with Crippen molar-refractivity contribution in [2.75, 3.05) is 6.56 Å². The SMILES string of the molecule is [2H]C1([2H])OC(=O)[C@H]2C[C@@H]3OC(C)(C)O[C@@H]3C[C@]2(C)[C@H]2CC[C@]3(C)[C@@H]([C@H](C)[C@H]4OC(C)(C)O[C@@H]4[C@H](C)C(C)C)CC[C@H]3[C@@H]21. The zero-order valence-corrected chi connectivity index (χ0v) is 26.6. The van der Waals surface area contributed by atoms with Crippen molar-refractivity contribution in [3.8, 4) is 0 Å². The molecular formula is C34H56O6. The van der Waals surface area contributed by atoms with Crippen LogP contribution < -0.4 is 0 Å². The molecule has 6 nitrogen and oxygen atoms in total. The average molecular weight is 563 g/mol. The second-order valence-corrected chi connectivity index (χ2v) is 16.2. The molecule has 13 atom stereocenters. The highest BCUT2D eigenvalue weighted by atomic mass is 16.8. The Hall–Kier alpha value is -0.690. The molecule has 6 heteroatoms. The summed E-state index contributed by atoms with van der Waals surface area (Å²) in [5.74, 6) is -0.710. The van der Waals surface area contributed by atoms with Gasteiger partial charge in [0.05, 0.1) is 39.6 Å². The third-order valence-electron chi connectivity index (χ3n) is 12.8. The van der Waals surface area contributed by atoms with Crippen molar-refractivity contribution >= 4 is 5.97 Å². The maximum Gasteiger partial charge on any atom is 0.309 e. The van der Waals surface area contributed by atoms with Crippen molar-refractivity contribution in [2.24, 2.45) is 58.2 Å². The van der Waals surface area contributed by atoms with Crippen LogP contribution in [0.2, 0.25) is 0 Å². The van der Waals surface area contributed by atoms with Crippen molar-refractivity contribution in [3.05, 3.63) is 0 Å². The van der Waals surface area contributed by atoms with Crippen LogP contribution in [0.1, 0.15) is 111 Å². The molecule has 3 heterocycles. The van der Waals surface area contributed by atoms with E-state index in [1.807, 2.05) is 27.7 Å². The van der Waals surface area contributed by atoms with E-state index < -0.39 is 29.5 Å². The number of ether oxygens (including phenoxy) is 5. The fraction of sp³-hybridized carbons (Fsp3) is 0.971. The molecule has 0 unspecified atom stereocenters. The first kappa shape index (κ1) is 26.9. The van der Waals surface area contributed by atoms with Crippen molar-refractivity contribution in [2.45, 2.75) is 144 Å². The quantitative estimate of drug-likeness (QED) is 0.344. The molecule has 0 aromatic carbocycles. The number of carbonyl (C=O) groups excluding carboxylic acids is 1. The number of esters is 1. The van der Waals surface area contributed by atoms with Crippen molar-refractivity contribution in [1.29, 1.82) is 0 Å². The summed E-state index contributed by atoms with van der Waals surface area (Å²) in [6, 6.07) is 0. The van der Waals surface area contributed by atoms with Crippen LogP contribution in [0.4, 0.5) is 0 Å². The van der Waals surface area contributed by atoms with Gasteiger partial charge in [0.15, 0.2) is 11.6 Å². The molecule has 0 radical (unpaired) electrons. The lowest BCUT2D eigenvalue weighted by Crippen LogP contribution is -2.54. The van der Waals surface area contributed by atoms with E-state index in [-0.39, 0.29) is 59.4 Å². The first-order valence-electron chi connectivity index (χ1n) is 17.2. The van der Waals surface area contributed by atoms with Crippen LogP contribution in [0.25, 0.3) is 0 Å². The number of carbonyl (C=O) groups is 1. The van der Waals surface area contributed by atoms with Gasteiger partial charge in [-0.05, 0) is 118 Å². The van der Waals surface area contributed by atoms with E-state index in [1.54, 1.807) is 0 Å². The Balaban J connectivity index is 1.31. The van der Waals surface area contributed by atoms with Crippen LogP contribution in [-0.2, 0) is 28.5 Å². The fourth-order valence-corrected chi connectivity index (χ4v) is 10.5. The van der Waals surface area contributed by atoms with E-state index in [0.717, 1.165) is 25.7 Å². The Labute approximate surface area is 245 Å². The highest BCUT2D eigenvalue weighted by Gasteiger charge is 2.65. The van der Waals surface area contributed by atoms with Gasteiger partial charge in [-0.25, -0.2) is 0 Å². The first-order valence-corrected chi connectivity index (χ1v) is 16.2. The summed E-state index contributed by atoms with van der Waals surface area (Å²) in [5.41, 5.74) is -0.462. The third kappa shape index (κ3) is 4.52. The minimum Gasteiger partial charge on any atom is -0.465 e. The normalized spacial score (nSPS) is 52.8. The smallest absolute Gasteiger partial charge is 0.309 e. The highest BCUT2D eigenvalue weighted by molar-refractivity contribution is 5.74. The molecule has 0 N–H and O–H groups in total. The summed E-state index contributed by atoms with van der Waals surface area (Å²) in [7, 11) is 0. The van der Waals surface area contributed by atoms with E-state index in [9.17, 15) is 7.54 Å². The number of cyclic esters (lactones) is 1. The van der Waals surface area contributed by atoms with E-state index >= 15 is 0 Å². The van der Waals surface area contributed by atoms with Gasteiger partial charge >= 0.3 is 5.97 Å². The van der Waals surface area contributed by atoms with Gasteiger partial charge in [0.1, 0.15) is 0 Å². The molecule has 6 fully saturated rings. The summed E-state index contributed by atoms with van der Waals surface area (Å²) in [6.07, 6.45) is 4.95. The summed E-state index contributed by atoms with van der Waals surface area (Å²) in [4.78, 5) is 13.7. The lowest BCUT2D eigenvalue weighted by atomic mass is 9.48. The molecule has 0 amide bonds. The lowest BCUT2D eigenvalue weighted by molar-refractivity contribution is -0.158. The Kier molecular flexibility index (Phi) is 6.50. The molecule has 3 saturated heterocycles. The van der Waals surface area contributed by atoms with Crippen molar-refractivity contribution in [1.82, 2.24) is 0 Å². The molecule has 6 rings (SSSR count). The topological polar surface area (TPSA) is 63.2 Å². The zero-order chi connectivity index (χ0) is 30.8. The molecule has 0 aromatic heterocycles. The molecule has 3 aliphatic heterocycles. The van der Waals surface area contributed by atoms with Gasteiger partial charge in [0.25, 0.3) is 0 Å². The number of rotatable bonds is 4. The van der Waals surface area contributed by atoms with Crippen LogP contribution in [-0.4, -0.2) is 48.5 Å². The third-order valence-corrected chi connectivity index (χ3v) is 12.8. The predicted octanol–water partition coefficient (Wildman–Crippen LogP) is 6.99. The van der Waals surface area contributed by atoms with Crippen LogP contribution >= 0.6 is 0 Å². The van der Waals surface area contributed by atoms with Crippen LogP contribution in [0.5, 0.6) is 0 Å². The van der Waals surface area contributed by atoms with E-state index in [1.165, 1.54) is 0 Å². The molecule has 6 aliphatic rings. The van der Waals surface area contributed by atoms with Crippen LogP contribution in [0.3, 0.4) is 0 Å². The minimum atomic E-state index is -2.01. The van der Waals surface area contributed by atoms with E-state index in [0.29, 0.717) is 30.6 Å². The summed E-state index contributed by atoms with van der Waals surface area (Å²) < 4.78 is 50.2. The van der Waals surface area contributed by atoms with Gasteiger partial charge in [0, 0.05) is 0 Å². The maximum absolute atomic E-state index is 13.7. The highest BCUT2D eigenvalue weighted by Crippen LogP contribution is 2.67. The molecule has 0 spiro atoms. The van der Waals surface area contributed by atoms with Gasteiger partial charge < -0.3 is 23.7 Å². The Morgan fingerprint density at radius 2 is 1.43 bits per heavy atom. The summed E-state index contributed by atoms with van der Waals surface area (Å²) >= 11 is 0. The van der Waals surface area contributed by atoms with Gasteiger partial charge in [-0.15, -0.1) is 0 Å². The van der Waals surface area contributed by atoms with E-state index in [4.69, 9.17) is 23.7 Å². The summed E-state index contributed by atoms with van der Waals surface area (Å²) in [5, 5.41) is 0. The van der Waals surface area contributed by atoms with Crippen molar-refractivity contribution in [3.63, 3.8) is 0 Å². The molecule has 3 saturated carbocycles. The van der Waals surface area contributed by atoms with Gasteiger partial charge in [-0.2, -0.15) is 0 Å². The Morgan fingerprint density at radius 3 is 2.12 bits per heavy atom. The van der Waals surface area contributed by atoms with E-state index in [2.05, 4.69) is 41.5 Å². The number of hydrogen-bond acceptors (Lipinski definition) is 6. The van der Waals surface area contributed by atoms with Crippen LogP contribution in [0.15, 0.2) is 0 Å². The molecule has 0 bridgehead atoms. The van der Waals surface area contributed by atoms with Gasteiger partial charge in [-0.1, -0.05) is 41.5 Å². The molecule has 0 aromatic rings. The second-order valence-electron chi connectivity index (χ2n) is 16.2. The largest absolute Gasteiger partial charge is 0.465 e. The lowest BCUT2D eigenvalue weighted by Gasteiger charge is -2.56.